The van der Waals surface area contributed by atoms with Crippen molar-refractivity contribution in [1.29, 1.82) is 0 Å². The highest BCUT2D eigenvalue weighted by molar-refractivity contribution is 5.94. The fourth-order valence-electron chi connectivity index (χ4n) is 2.95. The van der Waals surface area contributed by atoms with Crippen LogP contribution in [-0.4, -0.2) is 61.6 Å². The number of carbonyl (C=O) groups is 3. The molecule has 1 atom stereocenters. The number of nitrogens with one attached hydrogen (secondary N) is 2. The highest BCUT2D eigenvalue weighted by atomic mass is 16.5. The molecule has 1 aliphatic heterocycles. The molecule has 8 nitrogen and oxygen atoms in total. The summed E-state index contributed by atoms with van der Waals surface area (Å²) in [6.45, 7) is 5.63. The van der Waals surface area contributed by atoms with E-state index >= 15 is 0 Å². The number of unbranched alkanes of at least 4 members (excludes halogenated alkanes) is 1. The first kappa shape index (κ1) is 21.7. The Morgan fingerprint density at radius 1 is 1.29 bits per heavy atom. The number of para-hydroxylation sites is 2. The molecule has 28 heavy (non-hydrogen) atoms. The van der Waals surface area contributed by atoms with Crippen LogP contribution < -0.4 is 15.4 Å². The molecule has 0 aromatic heterocycles. The van der Waals surface area contributed by atoms with E-state index < -0.39 is 12.0 Å². The van der Waals surface area contributed by atoms with Crippen LogP contribution in [0.2, 0.25) is 0 Å². The molecule has 1 fully saturated rings. The fraction of sp³-hybridized carbons (Fsp3) is 0.550. The summed E-state index contributed by atoms with van der Waals surface area (Å²) in [5.41, 5.74) is 0.575. The maximum Gasteiger partial charge on any atom is 0.307 e. The Morgan fingerprint density at radius 2 is 2.07 bits per heavy atom. The molecule has 1 aromatic carbocycles. The Kier molecular flexibility index (Phi) is 8.74. The molecule has 2 N–H and O–H groups in total. The van der Waals surface area contributed by atoms with Crippen LogP contribution in [0.1, 0.15) is 33.1 Å². The molecular formula is C20H29N3O5. The Hall–Kier alpha value is -2.61. The summed E-state index contributed by atoms with van der Waals surface area (Å²) in [6, 6.07) is 6.46. The maximum absolute atomic E-state index is 12.5. The van der Waals surface area contributed by atoms with Crippen molar-refractivity contribution in [3.05, 3.63) is 24.3 Å². The standard InChI is InChI=1S/C20H29N3O5/c1-3-5-12-28-19(25)13-16-20(26)21-10-11-23(16)14-18(24)22-15-8-6-7-9-17(15)27-4-2/h6-9,16H,3-5,10-14H2,1-2H3,(H,21,26)(H,22,24). The lowest BCUT2D eigenvalue weighted by molar-refractivity contribution is -0.149. The van der Waals surface area contributed by atoms with Crippen molar-refractivity contribution in [2.45, 2.75) is 39.2 Å². The molecule has 0 aliphatic carbocycles. The number of amides is 2. The van der Waals surface area contributed by atoms with Gasteiger partial charge in [-0.15, -0.1) is 0 Å². The van der Waals surface area contributed by atoms with Crippen molar-refractivity contribution < 1.29 is 23.9 Å². The van der Waals surface area contributed by atoms with Crippen molar-refractivity contribution in [1.82, 2.24) is 10.2 Å². The zero-order chi connectivity index (χ0) is 20.4. The lowest BCUT2D eigenvalue weighted by Crippen LogP contribution is -2.57. The third-order valence-electron chi connectivity index (χ3n) is 4.37. The molecular weight excluding hydrogens is 362 g/mol. The Labute approximate surface area is 165 Å². The lowest BCUT2D eigenvalue weighted by Gasteiger charge is -2.33. The van der Waals surface area contributed by atoms with Crippen LogP contribution in [-0.2, 0) is 19.1 Å². The van der Waals surface area contributed by atoms with Gasteiger partial charge in [0.25, 0.3) is 0 Å². The summed E-state index contributed by atoms with van der Waals surface area (Å²) in [6.07, 6.45) is 1.64. The number of anilines is 1. The van der Waals surface area contributed by atoms with E-state index in [0.717, 1.165) is 12.8 Å². The van der Waals surface area contributed by atoms with Gasteiger partial charge in [-0.2, -0.15) is 0 Å². The topological polar surface area (TPSA) is 97.0 Å². The molecule has 2 amide bonds. The molecule has 0 bridgehead atoms. The summed E-state index contributed by atoms with van der Waals surface area (Å²) >= 11 is 0. The van der Waals surface area contributed by atoms with E-state index in [1.807, 2.05) is 26.0 Å². The molecule has 1 saturated heterocycles. The second-order valence-electron chi connectivity index (χ2n) is 6.53. The van der Waals surface area contributed by atoms with E-state index in [1.165, 1.54) is 0 Å². The van der Waals surface area contributed by atoms with Gasteiger partial charge in [0, 0.05) is 13.1 Å². The van der Waals surface area contributed by atoms with E-state index in [-0.39, 0.29) is 24.8 Å². The van der Waals surface area contributed by atoms with Gasteiger partial charge >= 0.3 is 5.97 Å². The number of nitrogens with zero attached hydrogens (tertiary/aromatic N) is 1. The van der Waals surface area contributed by atoms with E-state index in [0.29, 0.717) is 37.7 Å². The normalized spacial score (nSPS) is 16.9. The molecule has 2 rings (SSSR count). The molecule has 1 aliphatic rings. The second kappa shape index (κ2) is 11.3. The Morgan fingerprint density at radius 3 is 2.82 bits per heavy atom. The van der Waals surface area contributed by atoms with Crippen molar-refractivity contribution in [3.63, 3.8) is 0 Å². The van der Waals surface area contributed by atoms with E-state index in [9.17, 15) is 14.4 Å². The summed E-state index contributed by atoms with van der Waals surface area (Å²) in [5, 5.41) is 5.56. The number of benzene rings is 1. The number of piperazine rings is 1. The van der Waals surface area contributed by atoms with Crippen LogP contribution in [0.15, 0.2) is 24.3 Å². The number of rotatable bonds is 10. The average molecular weight is 391 g/mol. The largest absolute Gasteiger partial charge is 0.492 e. The van der Waals surface area contributed by atoms with Crippen molar-refractivity contribution in [2.75, 3.05) is 38.2 Å². The fourth-order valence-corrected chi connectivity index (χ4v) is 2.95. The van der Waals surface area contributed by atoms with Crippen LogP contribution in [0.4, 0.5) is 5.69 Å². The minimum atomic E-state index is -0.712. The number of hydrogen-bond donors (Lipinski definition) is 2. The average Bonchev–Trinajstić information content (AvgIpc) is 2.66. The van der Waals surface area contributed by atoms with Crippen LogP contribution in [0, 0.1) is 0 Å². The van der Waals surface area contributed by atoms with Crippen molar-refractivity contribution in [2.24, 2.45) is 0 Å². The first-order valence-corrected chi connectivity index (χ1v) is 9.74. The summed E-state index contributed by atoms with van der Waals surface area (Å²) in [5.74, 6) is -0.374. The van der Waals surface area contributed by atoms with Gasteiger partial charge in [-0.1, -0.05) is 25.5 Å². The summed E-state index contributed by atoms with van der Waals surface area (Å²) < 4.78 is 10.7. The number of hydrogen-bond acceptors (Lipinski definition) is 6. The molecule has 0 radical (unpaired) electrons. The van der Waals surface area contributed by atoms with Gasteiger partial charge in [0.05, 0.1) is 31.9 Å². The molecule has 1 heterocycles. The van der Waals surface area contributed by atoms with Crippen LogP contribution in [0.3, 0.4) is 0 Å². The third kappa shape index (κ3) is 6.53. The summed E-state index contributed by atoms with van der Waals surface area (Å²) in [7, 11) is 0. The van der Waals surface area contributed by atoms with Gasteiger partial charge in [-0.3, -0.25) is 19.3 Å². The first-order valence-electron chi connectivity index (χ1n) is 9.74. The smallest absolute Gasteiger partial charge is 0.307 e. The van der Waals surface area contributed by atoms with Crippen molar-refractivity contribution >= 4 is 23.5 Å². The molecule has 154 valence electrons. The quantitative estimate of drug-likeness (QED) is 0.464. The number of ether oxygens (including phenoxy) is 2. The van der Waals surface area contributed by atoms with Crippen LogP contribution in [0.25, 0.3) is 0 Å². The first-order chi connectivity index (χ1) is 13.5. The zero-order valence-corrected chi connectivity index (χ0v) is 16.5. The summed E-state index contributed by atoms with van der Waals surface area (Å²) in [4.78, 5) is 38.5. The minimum Gasteiger partial charge on any atom is -0.492 e. The van der Waals surface area contributed by atoms with Crippen LogP contribution >= 0.6 is 0 Å². The van der Waals surface area contributed by atoms with E-state index in [2.05, 4.69) is 10.6 Å². The lowest BCUT2D eigenvalue weighted by atomic mass is 10.1. The van der Waals surface area contributed by atoms with E-state index in [1.54, 1.807) is 17.0 Å². The molecule has 8 heteroatoms. The Balaban J connectivity index is 1.96. The monoisotopic (exact) mass is 391 g/mol. The Bertz CT molecular complexity index is 680. The van der Waals surface area contributed by atoms with Crippen molar-refractivity contribution in [3.8, 4) is 5.75 Å². The van der Waals surface area contributed by atoms with Gasteiger partial charge in [0.2, 0.25) is 11.8 Å². The van der Waals surface area contributed by atoms with Gasteiger partial charge in [0.15, 0.2) is 0 Å². The highest BCUT2D eigenvalue weighted by Crippen LogP contribution is 2.23. The maximum atomic E-state index is 12.5. The predicted molar refractivity (Wildman–Crippen MR) is 105 cm³/mol. The SMILES string of the molecule is CCCCOC(=O)CC1C(=O)NCCN1CC(=O)Nc1ccccc1OCC. The predicted octanol–water partition coefficient (Wildman–Crippen LogP) is 1.56. The second-order valence-corrected chi connectivity index (χ2v) is 6.53. The molecule has 0 saturated carbocycles. The van der Waals surface area contributed by atoms with Gasteiger partial charge < -0.3 is 20.1 Å². The third-order valence-corrected chi connectivity index (χ3v) is 4.37. The molecule has 0 spiro atoms. The van der Waals surface area contributed by atoms with Crippen LogP contribution in [0.5, 0.6) is 5.75 Å². The van der Waals surface area contributed by atoms with Gasteiger partial charge in [0.1, 0.15) is 11.8 Å². The zero-order valence-electron chi connectivity index (χ0n) is 16.5. The molecule has 1 aromatic rings. The van der Waals surface area contributed by atoms with E-state index in [4.69, 9.17) is 9.47 Å². The van der Waals surface area contributed by atoms with Gasteiger partial charge in [-0.25, -0.2) is 0 Å². The number of carbonyl (C=O) groups excluding carboxylic acids is 3. The highest BCUT2D eigenvalue weighted by Gasteiger charge is 2.33. The molecule has 1 unspecified atom stereocenters. The minimum absolute atomic E-state index is 0.000780. The number of esters is 1. The van der Waals surface area contributed by atoms with Gasteiger partial charge in [-0.05, 0) is 25.5 Å².